The molecule has 1 atom stereocenters. The van der Waals surface area contributed by atoms with Crippen LogP contribution in [0.4, 0.5) is 0 Å². The van der Waals surface area contributed by atoms with E-state index in [1.54, 1.807) is 0 Å². The number of furan rings is 1. The number of carbonyl (C=O) groups excluding carboxylic acids is 2. The van der Waals surface area contributed by atoms with Gasteiger partial charge in [0, 0.05) is 11.5 Å². The number of amides is 2. The molecule has 24 heavy (non-hydrogen) atoms. The SMILES string of the molecule is NC(=O)c1cc(C2C=Cc3cccc4cccc2c34)c(C(N)=O)o1. The second-order valence-corrected chi connectivity index (χ2v) is 5.75. The fraction of sp³-hybridized carbons (Fsp3) is 0.0526. The van der Waals surface area contributed by atoms with Crippen LogP contribution in [0.25, 0.3) is 16.8 Å². The minimum atomic E-state index is -0.734. The van der Waals surface area contributed by atoms with Gasteiger partial charge in [-0.15, -0.1) is 0 Å². The first kappa shape index (κ1) is 14.3. The van der Waals surface area contributed by atoms with Crippen LogP contribution < -0.4 is 11.5 Å². The Morgan fingerprint density at radius 2 is 1.71 bits per heavy atom. The van der Waals surface area contributed by atoms with Gasteiger partial charge in [0.05, 0.1) is 0 Å². The fourth-order valence-corrected chi connectivity index (χ4v) is 3.32. The van der Waals surface area contributed by atoms with E-state index in [1.165, 1.54) is 6.07 Å². The summed E-state index contributed by atoms with van der Waals surface area (Å²) in [5.74, 6) is -1.80. The third-order valence-corrected chi connectivity index (χ3v) is 4.33. The van der Waals surface area contributed by atoms with Crippen molar-refractivity contribution in [3.8, 4) is 0 Å². The lowest BCUT2D eigenvalue weighted by Gasteiger charge is -2.21. The van der Waals surface area contributed by atoms with Crippen molar-refractivity contribution in [2.45, 2.75) is 5.92 Å². The van der Waals surface area contributed by atoms with E-state index in [0.29, 0.717) is 5.56 Å². The molecule has 1 aromatic heterocycles. The number of nitrogens with two attached hydrogens (primary N) is 2. The highest BCUT2D eigenvalue weighted by Gasteiger charge is 2.27. The maximum Gasteiger partial charge on any atom is 0.284 e. The number of rotatable bonds is 3. The van der Waals surface area contributed by atoms with Crippen LogP contribution in [0.2, 0.25) is 0 Å². The first-order valence-electron chi connectivity index (χ1n) is 7.49. The van der Waals surface area contributed by atoms with Gasteiger partial charge in [-0.05, 0) is 28.0 Å². The standard InChI is InChI=1S/C19H14N2O3/c20-18(22)15-9-14(17(24-15)19(21)23)12-8-7-11-4-1-3-10-5-2-6-13(12)16(10)11/h1-9,12H,(H2,20,22)(H2,21,23). The molecule has 1 unspecified atom stereocenters. The van der Waals surface area contributed by atoms with Gasteiger partial charge in [-0.1, -0.05) is 48.6 Å². The lowest BCUT2D eigenvalue weighted by Crippen LogP contribution is -2.14. The minimum Gasteiger partial charge on any atom is -0.445 e. The summed E-state index contributed by atoms with van der Waals surface area (Å²) in [6, 6.07) is 13.6. The topological polar surface area (TPSA) is 99.3 Å². The fourth-order valence-electron chi connectivity index (χ4n) is 3.32. The molecule has 0 radical (unpaired) electrons. The molecule has 0 saturated heterocycles. The van der Waals surface area contributed by atoms with Crippen molar-refractivity contribution in [3.05, 3.63) is 76.8 Å². The van der Waals surface area contributed by atoms with Crippen LogP contribution in [0.15, 0.2) is 53.0 Å². The predicted molar refractivity (Wildman–Crippen MR) is 90.6 cm³/mol. The Balaban J connectivity index is 1.97. The maximum absolute atomic E-state index is 11.7. The monoisotopic (exact) mass is 318 g/mol. The Morgan fingerprint density at radius 1 is 0.958 bits per heavy atom. The number of allylic oxidation sites excluding steroid dienone is 1. The van der Waals surface area contributed by atoms with E-state index in [-0.39, 0.29) is 17.4 Å². The molecule has 1 heterocycles. The minimum absolute atomic E-state index is 0.0326. The van der Waals surface area contributed by atoms with E-state index >= 15 is 0 Å². The summed E-state index contributed by atoms with van der Waals surface area (Å²) in [5, 5.41) is 2.23. The molecule has 0 aliphatic heterocycles. The zero-order valence-corrected chi connectivity index (χ0v) is 12.7. The van der Waals surface area contributed by atoms with Crippen LogP contribution >= 0.6 is 0 Å². The first-order valence-corrected chi connectivity index (χ1v) is 7.49. The molecule has 0 spiro atoms. The van der Waals surface area contributed by atoms with Crippen LogP contribution in [0, 0.1) is 0 Å². The number of primary amides is 2. The van der Waals surface area contributed by atoms with E-state index in [2.05, 4.69) is 0 Å². The Kier molecular flexibility index (Phi) is 3.03. The molecular weight excluding hydrogens is 304 g/mol. The number of hydrogen-bond acceptors (Lipinski definition) is 3. The number of hydrogen-bond donors (Lipinski definition) is 2. The Morgan fingerprint density at radius 3 is 2.42 bits per heavy atom. The van der Waals surface area contributed by atoms with Crippen molar-refractivity contribution in [3.63, 3.8) is 0 Å². The zero-order chi connectivity index (χ0) is 16.8. The summed E-state index contributed by atoms with van der Waals surface area (Å²) in [6.07, 6.45) is 3.97. The van der Waals surface area contributed by atoms with Crippen LogP contribution in [0.3, 0.4) is 0 Å². The highest BCUT2D eigenvalue weighted by atomic mass is 16.4. The molecule has 3 aromatic rings. The van der Waals surface area contributed by atoms with Crippen molar-refractivity contribution in [2.24, 2.45) is 11.5 Å². The van der Waals surface area contributed by atoms with Crippen LogP contribution in [-0.2, 0) is 0 Å². The highest BCUT2D eigenvalue weighted by Crippen LogP contribution is 2.40. The molecule has 0 bridgehead atoms. The summed E-state index contributed by atoms with van der Waals surface area (Å²) in [5.41, 5.74) is 13.4. The zero-order valence-electron chi connectivity index (χ0n) is 12.7. The second kappa shape index (κ2) is 5.09. The maximum atomic E-state index is 11.7. The van der Waals surface area contributed by atoms with Gasteiger partial charge in [-0.25, -0.2) is 0 Å². The Labute approximate surface area is 137 Å². The van der Waals surface area contributed by atoms with Crippen LogP contribution in [0.5, 0.6) is 0 Å². The third-order valence-electron chi connectivity index (χ3n) is 4.33. The number of benzene rings is 2. The molecular formula is C19H14N2O3. The third kappa shape index (κ3) is 2.02. The smallest absolute Gasteiger partial charge is 0.284 e. The van der Waals surface area contributed by atoms with Crippen LogP contribution in [-0.4, -0.2) is 11.8 Å². The van der Waals surface area contributed by atoms with Gasteiger partial charge in [0.1, 0.15) is 0 Å². The first-order chi connectivity index (χ1) is 11.6. The predicted octanol–water partition coefficient (Wildman–Crippen LogP) is 2.79. The van der Waals surface area contributed by atoms with E-state index in [9.17, 15) is 9.59 Å². The summed E-state index contributed by atoms with van der Waals surface area (Å²) >= 11 is 0. The van der Waals surface area contributed by atoms with Gasteiger partial charge in [0.15, 0.2) is 11.5 Å². The van der Waals surface area contributed by atoms with E-state index in [4.69, 9.17) is 15.9 Å². The molecule has 0 saturated carbocycles. The molecule has 5 heteroatoms. The van der Waals surface area contributed by atoms with Gasteiger partial charge in [0.2, 0.25) is 0 Å². The molecule has 1 aliphatic rings. The van der Waals surface area contributed by atoms with Crippen molar-refractivity contribution in [1.82, 2.24) is 0 Å². The molecule has 5 nitrogen and oxygen atoms in total. The van der Waals surface area contributed by atoms with Crippen molar-refractivity contribution < 1.29 is 14.0 Å². The van der Waals surface area contributed by atoms with Gasteiger partial charge >= 0.3 is 0 Å². The van der Waals surface area contributed by atoms with E-state index in [1.807, 2.05) is 48.6 Å². The Hall–Kier alpha value is -3.34. The average Bonchev–Trinajstić information content (AvgIpc) is 3.01. The summed E-state index contributed by atoms with van der Waals surface area (Å²) in [6.45, 7) is 0. The van der Waals surface area contributed by atoms with Crippen molar-refractivity contribution in [1.29, 1.82) is 0 Å². The van der Waals surface area contributed by atoms with Gasteiger partial charge in [-0.2, -0.15) is 0 Å². The normalized spacial score (nSPS) is 15.6. The second-order valence-electron chi connectivity index (χ2n) is 5.75. The average molecular weight is 318 g/mol. The lowest BCUT2D eigenvalue weighted by molar-refractivity contribution is 0.0950. The van der Waals surface area contributed by atoms with Gasteiger partial charge in [0.25, 0.3) is 11.8 Å². The molecule has 4 N–H and O–H groups in total. The van der Waals surface area contributed by atoms with Crippen molar-refractivity contribution >= 4 is 28.7 Å². The number of carbonyl (C=O) groups is 2. The summed E-state index contributed by atoms with van der Waals surface area (Å²) in [7, 11) is 0. The summed E-state index contributed by atoms with van der Waals surface area (Å²) in [4.78, 5) is 23.2. The van der Waals surface area contributed by atoms with E-state index < -0.39 is 11.8 Å². The molecule has 2 aromatic carbocycles. The van der Waals surface area contributed by atoms with E-state index in [0.717, 1.165) is 21.9 Å². The van der Waals surface area contributed by atoms with Gasteiger partial charge < -0.3 is 15.9 Å². The van der Waals surface area contributed by atoms with Gasteiger partial charge in [-0.3, -0.25) is 9.59 Å². The molecule has 0 fully saturated rings. The quantitative estimate of drug-likeness (QED) is 0.776. The van der Waals surface area contributed by atoms with Crippen LogP contribution in [0.1, 0.15) is 43.7 Å². The van der Waals surface area contributed by atoms with Crippen molar-refractivity contribution in [2.75, 3.05) is 0 Å². The highest BCUT2D eigenvalue weighted by molar-refractivity contribution is 5.99. The largest absolute Gasteiger partial charge is 0.445 e. The molecule has 118 valence electrons. The molecule has 4 rings (SSSR count). The lowest BCUT2D eigenvalue weighted by atomic mass is 9.82. The Bertz CT molecular complexity index is 1030. The summed E-state index contributed by atoms with van der Waals surface area (Å²) < 4.78 is 5.29. The molecule has 1 aliphatic carbocycles. The molecule has 2 amide bonds.